The number of halogens is 3. The lowest BCUT2D eigenvalue weighted by atomic mass is 9.79. The summed E-state index contributed by atoms with van der Waals surface area (Å²) in [6, 6.07) is 12.7. The number of alkyl halides is 1. The van der Waals surface area contributed by atoms with Gasteiger partial charge in [0.1, 0.15) is 11.9 Å². The van der Waals surface area contributed by atoms with E-state index in [2.05, 4.69) is 9.88 Å². The summed E-state index contributed by atoms with van der Waals surface area (Å²) in [6.07, 6.45) is 4.11. The Balaban J connectivity index is 1.35. The Labute approximate surface area is 227 Å². The number of carboxylic acids is 1. The zero-order valence-corrected chi connectivity index (χ0v) is 22.5. The van der Waals surface area contributed by atoms with Crippen molar-refractivity contribution in [3.8, 4) is 5.75 Å². The molecule has 0 saturated carbocycles. The first-order chi connectivity index (χ1) is 17.9. The van der Waals surface area contributed by atoms with Crippen LogP contribution >= 0.6 is 23.2 Å². The topological polar surface area (TPSA) is 62.7 Å². The van der Waals surface area contributed by atoms with Crippen molar-refractivity contribution in [3.63, 3.8) is 0 Å². The summed E-state index contributed by atoms with van der Waals surface area (Å²) >= 11 is 12.6. The molecule has 0 aliphatic carbocycles. The van der Waals surface area contributed by atoms with Gasteiger partial charge in [-0.15, -0.1) is 0 Å². The predicted octanol–water partition coefficient (Wildman–Crippen LogP) is 7.39. The Morgan fingerprint density at radius 1 is 1.22 bits per heavy atom. The van der Waals surface area contributed by atoms with Crippen molar-refractivity contribution in [2.24, 2.45) is 11.8 Å². The molecule has 1 aliphatic rings. The normalized spacial score (nSPS) is 19.1. The summed E-state index contributed by atoms with van der Waals surface area (Å²) < 4.78 is 20.8. The molecule has 0 unspecified atom stereocenters. The molecule has 0 spiro atoms. The molecule has 5 nitrogen and oxygen atoms in total. The number of nitrogens with zero attached hydrogens (tertiary/aromatic N) is 2. The highest BCUT2D eigenvalue weighted by Crippen LogP contribution is 2.36. The Bertz CT molecular complexity index is 1200. The zero-order valence-electron chi connectivity index (χ0n) is 21.0. The van der Waals surface area contributed by atoms with E-state index in [1.807, 2.05) is 36.4 Å². The molecule has 3 atom stereocenters. The number of carboxylic acid groups (broad SMARTS) is 1. The molecule has 198 valence electrons. The molecule has 37 heavy (non-hydrogen) atoms. The number of aliphatic carboxylic acids is 1. The van der Waals surface area contributed by atoms with Gasteiger partial charge in [0.25, 0.3) is 0 Å². The molecule has 3 aromatic rings. The number of ether oxygens (including phenoxy) is 1. The minimum absolute atomic E-state index is 0.00312. The molecule has 2 heterocycles. The summed E-state index contributed by atoms with van der Waals surface area (Å²) in [5.74, 6) is 0.0336. The fourth-order valence-electron chi connectivity index (χ4n) is 5.51. The average molecular weight is 547 g/mol. The first-order valence-corrected chi connectivity index (χ1v) is 13.5. The van der Waals surface area contributed by atoms with Gasteiger partial charge in [-0.3, -0.25) is 9.78 Å². The van der Waals surface area contributed by atoms with Crippen LogP contribution in [0.4, 0.5) is 4.39 Å². The second kappa shape index (κ2) is 12.9. The van der Waals surface area contributed by atoms with Gasteiger partial charge in [0, 0.05) is 34.6 Å². The van der Waals surface area contributed by atoms with Gasteiger partial charge in [-0.2, -0.15) is 0 Å². The minimum Gasteiger partial charge on any atom is -0.497 e. The quantitative estimate of drug-likeness (QED) is 0.271. The van der Waals surface area contributed by atoms with Crippen molar-refractivity contribution < 1.29 is 19.0 Å². The number of pyridine rings is 1. The van der Waals surface area contributed by atoms with Crippen LogP contribution in [0.15, 0.2) is 48.7 Å². The summed E-state index contributed by atoms with van der Waals surface area (Å²) in [6.45, 7) is 2.43. The van der Waals surface area contributed by atoms with Crippen LogP contribution in [0.2, 0.25) is 10.0 Å². The van der Waals surface area contributed by atoms with Crippen LogP contribution in [-0.4, -0.2) is 47.7 Å². The first kappa shape index (κ1) is 27.6. The Hall–Kier alpha value is -2.41. The van der Waals surface area contributed by atoms with Crippen LogP contribution in [0, 0.1) is 11.8 Å². The summed E-state index contributed by atoms with van der Waals surface area (Å²) in [4.78, 5) is 18.3. The van der Waals surface area contributed by atoms with Gasteiger partial charge in [-0.1, -0.05) is 29.3 Å². The number of rotatable bonds is 11. The lowest BCUT2D eigenvalue weighted by molar-refractivity contribution is -0.139. The van der Waals surface area contributed by atoms with E-state index in [-0.39, 0.29) is 18.3 Å². The van der Waals surface area contributed by atoms with Crippen LogP contribution in [0.25, 0.3) is 10.9 Å². The van der Waals surface area contributed by atoms with Crippen LogP contribution in [0.5, 0.6) is 5.75 Å². The minimum atomic E-state index is -1.15. The van der Waals surface area contributed by atoms with Gasteiger partial charge in [0.2, 0.25) is 0 Å². The number of carbonyl (C=O) groups is 1. The highest BCUT2D eigenvalue weighted by molar-refractivity contribution is 6.35. The van der Waals surface area contributed by atoms with Crippen LogP contribution in [-0.2, 0) is 11.2 Å². The van der Waals surface area contributed by atoms with E-state index in [1.165, 1.54) is 0 Å². The van der Waals surface area contributed by atoms with E-state index in [1.54, 1.807) is 19.4 Å². The third-order valence-electron chi connectivity index (χ3n) is 7.49. The molecule has 1 N–H and O–H groups in total. The summed E-state index contributed by atoms with van der Waals surface area (Å²) in [5, 5.41) is 11.6. The molecule has 0 amide bonds. The van der Waals surface area contributed by atoms with Gasteiger partial charge in [-0.25, -0.2) is 4.39 Å². The summed E-state index contributed by atoms with van der Waals surface area (Å²) in [5.41, 5.74) is 2.29. The van der Waals surface area contributed by atoms with Crippen molar-refractivity contribution in [2.45, 2.75) is 44.7 Å². The zero-order chi connectivity index (χ0) is 26.4. The van der Waals surface area contributed by atoms with Gasteiger partial charge in [-0.05, 0) is 105 Å². The maximum Gasteiger partial charge on any atom is 0.303 e. The highest BCUT2D eigenvalue weighted by Gasteiger charge is 2.31. The number of likely N-dealkylation sites (tertiary alicyclic amines) is 1. The first-order valence-electron chi connectivity index (χ1n) is 12.8. The maximum atomic E-state index is 15.5. The second-order valence-corrected chi connectivity index (χ2v) is 10.7. The third kappa shape index (κ3) is 7.13. The Kier molecular flexibility index (Phi) is 9.63. The summed E-state index contributed by atoms with van der Waals surface area (Å²) in [7, 11) is 1.59. The number of methoxy groups -OCH3 is 1. The van der Waals surface area contributed by atoms with Crippen molar-refractivity contribution in [3.05, 3.63) is 69.8 Å². The third-order valence-corrected chi connectivity index (χ3v) is 8.19. The van der Waals surface area contributed by atoms with Gasteiger partial charge in [0.05, 0.1) is 12.6 Å². The van der Waals surface area contributed by atoms with Crippen LogP contribution in [0.1, 0.15) is 49.4 Å². The number of benzene rings is 2. The fourth-order valence-corrected chi connectivity index (χ4v) is 6.09. The Morgan fingerprint density at radius 2 is 2.00 bits per heavy atom. The van der Waals surface area contributed by atoms with E-state index in [4.69, 9.17) is 27.9 Å². The Morgan fingerprint density at radius 3 is 2.73 bits per heavy atom. The van der Waals surface area contributed by atoms with Crippen molar-refractivity contribution in [1.82, 2.24) is 9.88 Å². The molecule has 1 saturated heterocycles. The van der Waals surface area contributed by atoms with Crippen molar-refractivity contribution in [2.75, 3.05) is 26.7 Å². The van der Waals surface area contributed by atoms with Gasteiger partial charge < -0.3 is 14.7 Å². The van der Waals surface area contributed by atoms with Crippen molar-refractivity contribution >= 4 is 40.1 Å². The predicted molar refractivity (Wildman–Crippen MR) is 146 cm³/mol. The number of fused-ring (bicyclic) bond motifs is 1. The molecular formula is C29H33Cl2FN2O3. The van der Waals surface area contributed by atoms with E-state index in [9.17, 15) is 9.90 Å². The van der Waals surface area contributed by atoms with Crippen LogP contribution < -0.4 is 4.74 Å². The molecule has 8 heteroatoms. The fraction of sp³-hybridized carbons (Fsp3) is 0.448. The number of hydrogen-bond donors (Lipinski definition) is 1. The molecule has 1 fully saturated rings. The van der Waals surface area contributed by atoms with E-state index in [0.29, 0.717) is 40.7 Å². The molecule has 0 radical (unpaired) electrons. The largest absolute Gasteiger partial charge is 0.497 e. The van der Waals surface area contributed by atoms with E-state index in [0.717, 1.165) is 48.8 Å². The van der Waals surface area contributed by atoms with Crippen molar-refractivity contribution in [1.29, 1.82) is 0 Å². The molecule has 0 bridgehead atoms. The smallest absolute Gasteiger partial charge is 0.303 e. The molecule has 1 aromatic heterocycles. The molecular weight excluding hydrogens is 514 g/mol. The van der Waals surface area contributed by atoms with E-state index < -0.39 is 12.1 Å². The molecule has 2 aromatic carbocycles. The monoisotopic (exact) mass is 546 g/mol. The molecule has 1 aliphatic heterocycles. The van der Waals surface area contributed by atoms with Gasteiger partial charge >= 0.3 is 5.97 Å². The maximum absolute atomic E-state index is 15.5. The molecule has 4 rings (SSSR count). The highest BCUT2D eigenvalue weighted by atomic mass is 35.5. The number of piperidine rings is 1. The lowest BCUT2D eigenvalue weighted by Crippen LogP contribution is -2.42. The second-order valence-electron chi connectivity index (χ2n) is 9.84. The lowest BCUT2D eigenvalue weighted by Gasteiger charge is -2.38. The van der Waals surface area contributed by atoms with Gasteiger partial charge in [0.15, 0.2) is 0 Å². The van der Waals surface area contributed by atoms with Crippen LogP contribution in [0.3, 0.4) is 0 Å². The number of aromatic nitrogens is 1. The van der Waals surface area contributed by atoms with E-state index >= 15 is 4.39 Å². The average Bonchev–Trinajstić information content (AvgIpc) is 2.88. The standard InChI is InChI=1S/C29H33Cl2FN2O3/c1-37-21-8-10-28-24(17-21)22(11-13-33-28)27(32)9-7-19-12-15-34(18-20(19)16-29(35)36)14-3-4-23-25(30)5-2-6-26(23)31/h2,5-6,8,10-11,13,17,19-20,27H,3-4,7,9,12,14-16,18H2,1H3,(H,35,36)/t19-,20+,27+/m1/s1. The number of hydrogen-bond acceptors (Lipinski definition) is 4. The SMILES string of the molecule is COc1ccc2nccc([C@@H](F)CC[C@@H]3CCN(CCCc4c(Cl)cccc4Cl)C[C@@H]3CC(=O)O)c2c1.